The predicted molar refractivity (Wildman–Crippen MR) is 68.9 cm³/mol. The average Bonchev–Trinajstić information content (AvgIpc) is 2.30. The quantitative estimate of drug-likeness (QED) is 0.818. The second-order valence-corrected chi connectivity index (χ2v) is 4.38. The molecule has 0 saturated carbocycles. The standard InChI is InChI=1S/C12H16BrNO2/c1-4-8(2)14-7-9-5-10(16-3)6-11(13)12(9)15/h4-6,8,14-15H,1,7H2,2-3H3. The largest absolute Gasteiger partial charge is 0.506 e. The number of rotatable bonds is 5. The maximum absolute atomic E-state index is 9.83. The molecule has 0 spiro atoms. The van der Waals surface area contributed by atoms with Crippen LogP contribution in [-0.2, 0) is 6.54 Å². The van der Waals surface area contributed by atoms with Crippen LogP contribution >= 0.6 is 15.9 Å². The van der Waals surface area contributed by atoms with Gasteiger partial charge in [0.25, 0.3) is 0 Å². The van der Waals surface area contributed by atoms with Crippen LogP contribution in [0.3, 0.4) is 0 Å². The van der Waals surface area contributed by atoms with Crippen molar-refractivity contribution >= 4 is 15.9 Å². The summed E-state index contributed by atoms with van der Waals surface area (Å²) in [4.78, 5) is 0. The maximum Gasteiger partial charge on any atom is 0.134 e. The average molecular weight is 286 g/mol. The first-order chi connectivity index (χ1) is 7.58. The summed E-state index contributed by atoms with van der Waals surface area (Å²) in [5.41, 5.74) is 0.792. The normalized spacial score (nSPS) is 12.2. The van der Waals surface area contributed by atoms with E-state index in [4.69, 9.17) is 4.74 Å². The van der Waals surface area contributed by atoms with Crippen LogP contribution in [0.1, 0.15) is 12.5 Å². The minimum absolute atomic E-state index is 0.198. The van der Waals surface area contributed by atoms with Crippen LogP contribution in [0.4, 0.5) is 0 Å². The fraction of sp³-hybridized carbons (Fsp3) is 0.333. The molecule has 16 heavy (non-hydrogen) atoms. The van der Waals surface area contributed by atoms with Crippen molar-refractivity contribution in [3.05, 3.63) is 34.8 Å². The highest BCUT2D eigenvalue weighted by Gasteiger charge is 2.09. The van der Waals surface area contributed by atoms with Crippen LogP contribution in [-0.4, -0.2) is 18.3 Å². The molecule has 1 rings (SSSR count). The number of halogens is 1. The molecule has 0 heterocycles. The summed E-state index contributed by atoms with van der Waals surface area (Å²) in [7, 11) is 1.60. The van der Waals surface area contributed by atoms with Crippen molar-refractivity contribution in [1.82, 2.24) is 5.32 Å². The molecular weight excluding hydrogens is 270 g/mol. The zero-order valence-electron chi connectivity index (χ0n) is 9.46. The number of methoxy groups -OCH3 is 1. The maximum atomic E-state index is 9.83. The van der Waals surface area contributed by atoms with E-state index in [0.717, 1.165) is 5.56 Å². The Balaban J connectivity index is 2.85. The highest BCUT2D eigenvalue weighted by Crippen LogP contribution is 2.32. The molecule has 3 nitrogen and oxygen atoms in total. The van der Waals surface area contributed by atoms with E-state index in [9.17, 15) is 5.11 Å². The van der Waals surface area contributed by atoms with Gasteiger partial charge in [-0.05, 0) is 35.0 Å². The lowest BCUT2D eigenvalue weighted by atomic mass is 10.1. The van der Waals surface area contributed by atoms with E-state index in [-0.39, 0.29) is 11.8 Å². The van der Waals surface area contributed by atoms with E-state index in [1.54, 1.807) is 13.2 Å². The highest BCUT2D eigenvalue weighted by atomic mass is 79.9. The van der Waals surface area contributed by atoms with Gasteiger partial charge in [-0.15, -0.1) is 6.58 Å². The Morgan fingerprint density at radius 1 is 1.62 bits per heavy atom. The molecule has 1 aromatic carbocycles. The van der Waals surface area contributed by atoms with Gasteiger partial charge in [0.05, 0.1) is 11.6 Å². The van der Waals surface area contributed by atoms with Crippen molar-refractivity contribution in [2.45, 2.75) is 19.5 Å². The van der Waals surface area contributed by atoms with Crippen molar-refractivity contribution in [2.24, 2.45) is 0 Å². The third-order valence-electron chi connectivity index (χ3n) is 2.32. The van der Waals surface area contributed by atoms with Gasteiger partial charge in [0.15, 0.2) is 0 Å². The summed E-state index contributed by atoms with van der Waals surface area (Å²) in [5.74, 6) is 0.956. The Labute approximate surface area is 104 Å². The van der Waals surface area contributed by atoms with Gasteiger partial charge in [-0.25, -0.2) is 0 Å². The van der Waals surface area contributed by atoms with Crippen LogP contribution < -0.4 is 10.1 Å². The number of nitrogens with one attached hydrogen (secondary N) is 1. The van der Waals surface area contributed by atoms with Crippen LogP contribution in [0.5, 0.6) is 11.5 Å². The molecule has 0 aromatic heterocycles. The van der Waals surface area contributed by atoms with Crippen LogP contribution in [0, 0.1) is 0 Å². The van der Waals surface area contributed by atoms with Crippen molar-refractivity contribution < 1.29 is 9.84 Å². The third-order valence-corrected chi connectivity index (χ3v) is 2.92. The van der Waals surface area contributed by atoms with Crippen molar-refractivity contribution in [3.63, 3.8) is 0 Å². The third kappa shape index (κ3) is 3.25. The molecule has 0 aliphatic heterocycles. The summed E-state index contributed by atoms with van der Waals surface area (Å²) in [6.07, 6.45) is 1.81. The lowest BCUT2D eigenvalue weighted by Gasteiger charge is -2.12. The van der Waals surface area contributed by atoms with Gasteiger partial charge in [0.1, 0.15) is 11.5 Å². The summed E-state index contributed by atoms with van der Waals surface area (Å²) in [6.45, 7) is 6.25. The Hall–Kier alpha value is -1.00. The molecule has 1 atom stereocenters. The van der Waals surface area contributed by atoms with Gasteiger partial charge in [-0.3, -0.25) is 0 Å². The van der Waals surface area contributed by atoms with Gasteiger partial charge in [0.2, 0.25) is 0 Å². The number of phenolic OH excluding ortho intramolecular Hbond substituents is 1. The molecule has 0 saturated heterocycles. The lowest BCUT2D eigenvalue weighted by molar-refractivity contribution is 0.409. The highest BCUT2D eigenvalue weighted by molar-refractivity contribution is 9.10. The zero-order valence-corrected chi connectivity index (χ0v) is 11.0. The van der Waals surface area contributed by atoms with Crippen LogP contribution in [0.25, 0.3) is 0 Å². The molecule has 4 heteroatoms. The van der Waals surface area contributed by atoms with Crippen molar-refractivity contribution in [2.75, 3.05) is 7.11 Å². The van der Waals surface area contributed by atoms with E-state index in [0.29, 0.717) is 16.8 Å². The second-order valence-electron chi connectivity index (χ2n) is 3.52. The minimum Gasteiger partial charge on any atom is -0.506 e. The minimum atomic E-state index is 0.198. The molecular formula is C12H16BrNO2. The van der Waals surface area contributed by atoms with Gasteiger partial charge < -0.3 is 15.2 Å². The number of ether oxygens (including phenoxy) is 1. The Morgan fingerprint density at radius 2 is 2.31 bits per heavy atom. The first kappa shape index (κ1) is 13.1. The Kier molecular flexibility index (Phi) is 4.83. The molecule has 0 fully saturated rings. The fourth-order valence-corrected chi connectivity index (χ4v) is 1.72. The smallest absolute Gasteiger partial charge is 0.134 e. The predicted octanol–water partition coefficient (Wildman–Crippen LogP) is 2.83. The SMILES string of the molecule is C=CC(C)NCc1cc(OC)cc(Br)c1O. The number of phenols is 1. The molecule has 0 radical (unpaired) electrons. The van der Waals surface area contributed by atoms with Gasteiger partial charge >= 0.3 is 0 Å². The second kappa shape index (κ2) is 5.92. The molecule has 2 N–H and O–H groups in total. The van der Waals surface area contributed by atoms with E-state index in [2.05, 4.69) is 27.8 Å². The van der Waals surface area contributed by atoms with Crippen LogP contribution in [0.15, 0.2) is 29.3 Å². The molecule has 0 amide bonds. The van der Waals surface area contributed by atoms with E-state index in [1.807, 2.05) is 19.1 Å². The summed E-state index contributed by atoms with van der Waals surface area (Å²) in [5, 5.41) is 13.0. The summed E-state index contributed by atoms with van der Waals surface area (Å²) in [6, 6.07) is 3.74. The topological polar surface area (TPSA) is 41.5 Å². The molecule has 88 valence electrons. The van der Waals surface area contributed by atoms with E-state index >= 15 is 0 Å². The fourth-order valence-electron chi connectivity index (χ4n) is 1.24. The first-order valence-corrected chi connectivity index (χ1v) is 5.79. The molecule has 1 unspecified atom stereocenters. The zero-order chi connectivity index (χ0) is 12.1. The number of aromatic hydroxyl groups is 1. The summed E-state index contributed by atoms with van der Waals surface area (Å²) < 4.78 is 5.77. The van der Waals surface area contributed by atoms with Gasteiger partial charge in [-0.2, -0.15) is 0 Å². The summed E-state index contributed by atoms with van der Waals surface area (Å²) >= 11 is 3.28. The molecule has 0 aliphatic rings. The number of benzene rings is 1. The monoisotopic (exact) mass is 285 g/mol. The molecule has 1 aromatic rings. The molecule has 0 aliphatic carbocycles. The first-order valence-electron chi connectivity index (χ1n) is 4.99. The van der Waals surface area contributed by atoms with Crippen molar-refractivity contribution in [3.8, 4) is 11.5 Å². The lowest BCUT2D eigenvalue weighted by Crippen LogP contribution is -2.22. The van der Waals surface area contributed by atoms with Gasteiger partial charge in [-0.1, -0.05) is 6.08 Å². The number of hydrogen-bond acceptors (Lipinski definition) is 3. The van der Waals surface area contributed by atoms with Crippen molar-refractivity contribution in [1.29, 1.82) is 0 Å². The Morgan fingerprint density at radius 3 is 2.88 bits per heavy atom. The van der Waals surface area contributed by atoms with E-state index in [1.165, 1.54) is 0 Å². The van der Waals surface area contributed by atoms with Crippen LogP contribution in [0.2, 0.25) is 0 Å². The Bertz CT molecular complexity index is 380. The van der Waals surface area contributed by atoms with E-state index < -0.39 is 0 Å². The number of hydrogen-bond donors (Lipinski definition) is 2. The molecule has 0 bridgehead atoms. The van der Waals surface area contributed by atoms with Gasteiger partial charge in [0, 0.05) is 18.2 Å².